The van der Waals surface area contributed by atoms with E-state index in [2.05, 4.69) is 9.97 Å². The van der Waals surface area contributed by atoms with E-state index >= 15 is 0 Å². The first-order chi connectivity index (χ1) is 9.56. The van der Waals surface area contributed by atoms with Crippen molar-refractivity contribution >= 4 is 0 Å². The van der Waals surface area contributed by atoms with E-state index in [1.807, 2.05) is 0 Å². The van der Waals surface area contributed by atoms with Crippen molar-refractivity contribution in [3.63, 3.8) is 0 Å². The molecule has 6 heteroatoms. The lowest BCUT2D eigenvalue weighted by atomic mass is 10.1. The lowest BCUT2D eigenvalue weighted by molar-refractivity contribution is 0.265. The van der Waals surface area contributed by atoms with Crippen molar-refractivity contribution in [2.45, 2.75) is 26.0 Å². The number of nitrogens with two attached hydrogens (primary N) is 1. The normalized spacial score (nSPS) is 12.2. The van der Waals surface area contributed by atoms with Gasteiger partial charge in [-0.15, -0.1) is 0 Å². The number of aromatic nitrogens is 2. The zero-order valence-corrected chi connectivity index (χ0v) is 11.0. The van der Waals surface area contributed by atoms with Crippen LogP contribution in [-0.2, 0) is 13.0 Å². The maximum atomic E-state index is 13.8. The fourth-order valence-corrected chi connectivity index (χ4v) is 1.78. The zero-order chi connectivity index (χ0) is 14.5. The molecule has 106 valence electrons. The van der Waals surface area contributed by atoms with Crippen LogP contribution in [0.25, 0.3) is 0 Å². The van der Waals surface area contributed by atoms with Crippen LogP contribution in [0.3, 0.4) is 0 Å². The van der Waals surface area contributed by atoms with Crippen molar-refractivity contribution in [2.75, 3.05) is 0 Å². The van der Waals surface area contributed by atoms with Crippen LogP contribution in [0.2, 0.25) is 0 Å². The number of benzene rings is 1. The maximum absolute atomic E-state index is 13.8. The molecule has 0 fully saturated rings. The molecule has 0 bridgehead atoms. The summed E-state index contributed by atoms with van der Waals surface area (Å²) in [6.07, 6.45) is 3.46. The van der Waals surface area contributed by atoms with E-state index in [1.165, 1.54) is 24.5 Å². The third-order valence-electron chi connectivity index (χ3n) is 2.58. The summed E-state index contributed by atoms with van der Waals surface area (Å²) in [5, 5.41) is 0. The van der Waals surface area contributed by atoms with Crippen LogP contribution in [-0.4, -0.2) is 16.0 Å². The van der Waals surface area contributed by atoms with Gasteiger partial charge in [-0.3, -0.25) is 0 Å². The summed E-state index contributed by atoms with van der Waals surface area (Å²) in [7, 11) is 0. The van der Waals surface area contributed by atoms with Gasteiger partial charge >= 0.3 is 0 Å². The minimum absolute atomic E-state index is 0.0959. The molecule has 0 saturated heterocycles. The average molecular weight is 279 g/mol. The molecule has 2 N–H and O–H groups in total. The van der Waals surface area contributed by atoms with Crippen LogP contribution >= 0.6 is 0 Å². The van der Waals surface area contributed by atoms with E-state index in [0.29, 0.717) is 17.8 Å². The largest absolute Gasteiger partial charge is 0.479 e. The topological polar surface area (TPSA) is 61.0 Å². The number of nitrogens with zero attached hydrogens (tertiary/aromatic N) is 2. The van der Waals surface area contributed by atoms with E-state index in [4.69, 9.17) is 10.5 Å². The van der Waals surface area contributed by atoms with Gasteiger partial charge in [0.1, 0.15) is 6.61 Å². The molecule has 0 spiro atoms. The van der Waals surface area contributed by atoms with E-state index in [1.54, 1.807) is 13.0 Å². The molecule has 1 atom stereocenters. The summed E-state index contributed by atoms with van der Waals surface area (Å²) in [4.78, 5) is 7.83. The highest BCUT2D eigenvalue weighted by Crippen LogP contribution is 2.24. The number of ether oxygens (including phenoxy) is 1. The van der Waals surface area contributed by atoms with Gasteiger partial charge in [-0.2, -0.15) is 0 Å². The molecule has 0 aliphatic heterocycles. The summed E-state index contributed by atoms with van der Waals surface area (Å²) in [5.41, 5.74) is 6.10. The molecule has 1 aromatic heterocycles. The Morgan fingerprint density at radius 3 is 2.35 bits per heavy atom. The Morgan fingerprint density at radius 1 is 1.20 bits per heavy atom. The lowest BCUT2D eigenvalue weighted by Gasteiger charge is -2.10. The first-order valence-electron chi connectivity index (χ1n) is 6.18. The van der Waals surface area contributed by atoms with Gasteiger partial charge < -0.3 is 10.5 Å². The SMILES string of the molecule is CC(N)Cc1cc(F)c(OCc2ncccn2)c(F)c1. The van der Waals surface area contributed by atoms with E-state index in [-0.39, 0.29) is 12.6 Å². The second kappa shape index (κ2) is 6.38. The summed E-state index contributed by atoms with van der Waals surface area (Å²) in [5.74, 6) is -1.58. The minimum atomic E-state index is -0.753. The van der Waals surface area contributed by atoms with Crippen molar-refractivity contribution in [1.82, 2.24) is 9.97 Å². The van der Waals surface area contributed by atoms with Crippen molar-refractivity contribution in [1.29, 1.82) is 0 Å². The fraction of sp³-hybridized carbons (Fsp3) is 0.286. The molecule has 2 rings (SSSR count). The smallest absolute Gasteiger partial charge is 0.191 e. The highest BCUT2D eigenvalue weighted by molar-refractivity contribution is 5.31. The third-order valence-corrected chi connectivity index (χ3v) is 2.58. The Hall–Kier alpha value is -2.08. The standard InChI is InChI=1S/C14H15F2N3O/c1-9(17)5-10-6-11(15)14(12(16)7-10)20-8-13-18-3-2-4-19-13/h2-4,6-7,9H,5,8,17H2,1H3. The van der Waals surface area contributed by atoms with Gasteiger partial charge in [0.2, 0.25) is 0 Å². The maximum Gasteiger partial charge on any atom is 0.191 e. The van der Waals surface area contributed by atoms with Crippen molar-refractivity contribution < 1.29 is 13.5 Å². The molecule has 4 nitrogen and oxygen atoms in total. The van der Waals surface area contributed by atoms with Crippen LogP contribution in [0.4, 0.5) is 8.78 Å². The minimum Gasteiger partial charge on any atom is -0.479 e. The van der Waals surface area contributed by atoms with Crippen LogP contribution in [0, 0.1) is 11.6 Å². The summed E-state index contributed by atoms with van der Waals surface area (Å²) >= 11 is 0. The Balaban J connectivity index is 2.12. The van der Waals surface area contributed by atoms with Gasteiger partial charge in [0.15, 0.2) is 23.2 Å². The van der Waals surface area contributed by atoms with Crippen LogP contribution in [0.1, 0.15) is 18.3 Å². The van der Waals surface area contributed by atoms with Gasteiger partial charge in [0.05, 0.1) is 0 Å². The Kier molecular flexibility index (Phi) is 4.57. The zero-order valence-electron chi connectivity index (χ0n) is 11.0. The molecule has 0 aliphatic rings. The molecule has 0 radical (unpaired) electrons. The van der Waals surface area contributed by atoms with E-state index in [9.17, 15) is 8.78 Å². The van der Waals surface area contributed by atoms with E-state index in [0.717, 1.165) is 0 Å². The lowest BCUT2D eigenvalue weighted by Crippen LogP contribution is -2.18. The molecule has 1 aromatic carbocycles. The van der Waals surface area contributed by atoms with Gasteiger partial charge in [-0.05, 0) is 37.1 Å². The van der Waals surface area contributed by atoms with Gasteiger partial charge in [0.25, 0.3) is 0 Å². The number of halogens is 2. The quantitative estimate of drug-likeness (QED) is 0.911. The summed E-state index contributed by atoms with van der Waals surface area (Å²) in [6.45, 7) is 1.67. The second-order valence-electron chi connectivity index (χ2n) is 4.52. The first-order valence-corrected chi connectivity index (χ1v) is 6.18. The van der Waals surface area contributed by atoms with Crippen molar-refractivity contribution in [2.24, 2.45) is 5.73 Å². The number of hydrogen-bond acceptors (Lipinski definition) is 4. The summed E-state index contributed by atoms with van der Waals surface area (Å²) in [6, 6.07) is 3.94. The van der Waals surface area contributed by atoms with E-state index < -0.39 is 17.4 Å². The highest BCUT2D eigenvalue weighted by Gasteiger charge is 2.14. The van der Waals surface area contributed by atoms with Gasteiger partial charge in [-0.1, -0.05) is 0 Å². The van der Waals surface area contributed by atoms with Gasteiger partial charge in [-0.25, -0.2) is 18.7 Å². The summed E-state index contributed by atoms with van der Waals surface area (Å²) < 4.78 is 32.7. The number of hydrogen-bond donors (Lipinski definition) is 1. The molecular weight excluding hydrogens is 264 g/mol. The molecule has 0 saturated carbocycles. The van der Waals surface area contributed by atoms with Gasteiger partial charge in [0, 0.05) is 18.4 Å². The predicted molar refractivity (Wildman–Crippen MR) is 70.1 cm³/mol. The van der Waals surface area contributed by atoms with Crippen LogP contribution in [0.5, 0.6) is 5.75 Å². The third kappa shape index (κ3) is 3.71. The predicted octanol–water partition coefficient (Wildman–Crippen LogP) is 2.22. The average Bonchev–Trinajstić information content (AvgIpc) is 2.38. The number of rotatable bonds is 5. The first kappa shape index (κ1) is 14.3. The Labute approximate surface area is 115 Å². The van der Waals surface area contributed by atoms with Crippen LogP contribution < -0.4 is 10.5 Å². The Bertz CT molecular complexity index is 553. The molecule has 20 heavy (non-hydrogen) atoms. The fourth-order valence-electron chi connectivity index (χ4n) is 1.78. The highest BCUT2D eigenvalue weighted by atomic mass is 19.1. The Morgan fingerprint density at radius 2 is 1.80 bits per heavy atom. The monoisotopic (exact) mass is 279 g/mol. The van der Waals surface area contributed by atoms with Crippen LogP contribution in [0.15, 0.2) is 30.6 Å². The molecule has 1 heterocycles. The second-order valence-corrected chi connectivity index (χ2v) is 4.52. The van der Waals surface area contributed by atoms with Crippen molar-refractivity contribution in [3.8, 4) is 5.75 Å². The molecule has 0 aliphatic carbocycles. The molecule has 1 unspecified atom stereocenters. The molecule has 2 aromatic rings. The van der Waals surface area contributed by atoms with Crippen molar-refractivity contribution in [3.05, 3.63) is 53.6 Å². The molecular formula is C14H15F2N3O. The molecule has 0 amide bonds.